The Labute approximate surface area is 87.6 Å². The van der Waals surface area contributed by atoms with E-state index in [1.165, 1.54) is 0 Å². The van der Waals surface area contributed by atoms with Gasteiger partial charge in [-0.15, -0.1) is 12.4 Å². The second kappa shape index (κ2) is 5.78. The molecule has 1 aliphatic rings. The number of halogens is 2. The van der Waals surface area contributed by atoms with Crippen LogP contribution < -0.4 is 0 Å². The first kappa shape index (κ1) is 12.2. The van der Waals surface area contributed by atoms with Crippen LogP contribution in [-0.4, -0.2) is 54.3 Å². The molecule has 1 saturated heterocycles. The zero-order chi connectivity index (χ0) is 8.27. The summed E-state index contributed by atoms with van der Waals surface area (Å²) in [6.07, 6.45) is 0. The van der Waals surface area contributed by atoms with Gasteiger partial charge in [0.25, 0.3) is 0 Å². The average Bonchev–Trinajstić information content (AvgIpc) is 2.05. The zero-order valence-corrected chi connectivity index (χ0v) is 9.53. The van der Waals surface area contributed by atoms with Crippen LogP contribution in [0.2, 0.25) is 0 Å². The first-order chi connectivity index (χ1) is 5.24. The predicted molar refractivity (Wildman–Crippen MR) is 55.1 cm³/mol. The third kappa shape index (κ3) is 3.29. The molecule has 5 heteroatoms. The standard InChI is InChI=1S/C7H13BrN2O.ClH/c1-9-2-4-10(5-3-9)7(11)6-8;/h2-6H2,1H3;1H. The summed E-state index contributed by atoms with van der Waals surface area (Å²) in [5.74, 6) is 0.207. The summed E-state index contributed by atoms with van der Waals surface area (Å²) in [7, 11) is 2.08. The number of hydrogen-bond acceptors (Lipinski definition) is 2. The van der Waals surface area contributed by atoms with Crippen LogP contribution in [0.4, 0.5) is 0 Å². The highest BCUT2D eigenvalue weighted by Gasteiger charge is 2.17. The van der Waals surface area contributed by atoms with E-state index in [2.05, 4.69) is 27.9 Å². The minimum absolute atomic E-state index is 0. The van der Waals surface area contributed by atoms with Crippen LogP contribution in [0, 0.1) is 0 Å². The number of amides is 1. The van der Waals surface area contributed by atoms with Gasteiger partial charge in [0.05, 0.1) is 5.33 Å². The Kier molecular flexibility index (Phi) is 5.88. The summed E-state index contributed by atoms with van der Waals surface area (Å²) < 4.78 is 0. The summed E-state index contributed by atoms with van der Waals surface area (Å²) in [6.45, 7) is 3.75. The highest BCUT2D eigenvalue weighted by atomic mass is 79.9. The van der Waals surface area contributed by atoms with Crippen molar-refractivity contribution in [3.05, 3.63) is 0 Å². The number of likely N-dealkylation sites (N-methyl/N-ethyl adjacent to an activating group) is 1. The van der Waals surface area contributed by atoms with Crippen LogP contribution in [0.1, 0.15) is 0 Å². The fourth-order valence-electron chi connectivity index (χ4n) is 1.14. The number of carbonyl (C=O) groups excluding carboxylic acids is 1. The molecule has 1 fully saturated rings. The lowest BCUT2D eigenvalue weighted by molar-refractivity contribution is -0.129. The molecule has 0 aromatic heterocycles. The van der Waals surface area contributed by atoms with Crippen molar-refractivity contribution in [1.82, 2.24) is 9.80 Å². The minimum Gasteiger partial charge on any atom is -0.339 e. The lowest BCUT2D eigenvalue weighted by atomic mass is 10.3. The molecule has 1 rings (SSSR count). The van der Waals surface area contributed by atoms with E-state index >= 15 is 0 Å². The summed E-state index contributed by atoms with van der Waals surface area (Å²) >= 11 is 3.16. The van der Waals surface area contributed by atoms with Gasteiger partial charge in [0.2, 0.25) is 5.91 Å². The smallest absolute Gasteiger partial charge is 0.233 e. The maximum Gasteiger partial charge on any atom is 0.233 e. The van der Waals surface area contributed by atoms with E-state index in [-0.39, 0.29) is 18.3 Å². The molecule has 0 aliphatic carbocycles. The van der Waals surface area contributed by atoms with Gasteiger partial charge in [-0.25, -0.2) is 0 Å². The van der Waals surface area contributed by atoms with Crippen molar-refractivity contribution in [3.63, 3.8) is 0 Å². The molecule has 72 valence electrons. The maximum absolute atomic E-state index is 11.1. The number of alkyl halides is 1. The van der Waals surface area contributed by atoms with Gasteiger partial charge < -0.3 is 9.80 Å². The Balaban J connectivity index is 0.00000121. The van der Waals surface area contributed by atoms with Crippen molar-refractivity contribution in [3.8, 4) is 0 Å². The topological polar surface area (TPSA) is 23.6 Å². The molecule has 1 amide bonds. The summed E-state index contributed by atoms with van der Waals surface area (Å²) in [4.78, 5) is 15.3. The molecule has 0 bridgehead atoms. The maximum atomic E-state index is 11.1. The number of nitrogens with zero attached hydrogens (tertiary/aromatic N) is 2. The van der Waals surface area contributed by atoms with Crippen LogP contribution in [0.15, 0.2) is 0 Å². The van der Waals surface area contributed by atoms with E-state index in [0.29, 0.717) is 5.33 Å². The van der Waals surface area contributed by atoms with E-state index < -0.39 is 0 Å². The highest BCUT2D eigenvalue weighted by Crippen LogP contribution is 2.00. The van der Waals surface area contributed by atoms with Gasteiger partial charge in [-0.2, -0.15) is 0 Å². The lowest BCUT2D eigenvalue weighted by Gasteiger charge is -2.31. The van der Waals surface area contributed by atoms with Crippen LogP contribution in [0.5, 0.6) is 0 Å². The number of rotatable bonds is 1. The normalized spacial score (nSPS) is 18.7. The molecule has 3 nitrogen and oxygen atoms in total. The van der Waals surface area contributed by atoms with Crippen molar-refractivity contribution in [2.75, 3.05) is 38.6 Å². The summed E-state index contributed by atoms with van der Waals surface area (Å²) in [5.41, 5.74) is 0. The predicted octanol–water partition coefficient (Wildman–Crippen LogP) is 0.577. The van der Waals surface area contributed by atoms with Gasteiger partial charge >= 0.3 is 0 Å². The molecule has 0 aromatic carbocycles. The van der Waals surface area contributed by atoms with Crippen molar-refractivity contribution < 1.29 is 4.79 Å². The number of carbonyl (C=O) groups is 1. The zero-order valence-electron chi connectivity index (χ0n) is 7.12. The Morgan fingerprint density at radius 3 is 2.25 bits per heavy atom. The molecule has 0 atom stereocenters. The number of hydrogen-bond donors (Lipinski definition) is 0. The van der Waals surface area contributed by atoms with Crippen LogP contribution >= 0.6 is 28.3 Å². The molecule has 1 aliphatic heterocycles. The third-order valence-electron chi connectivity index (χ3n) is 1.97. The van der Waals surface area contributed by atoms with Crippen LogP contribution in [-0.2, 0) is 4.79 Å². The van der Waals surface area contributed by atoms with Gasteiger partial charge in [-0.3, -0.25) is 4.79 Å². The molecule has 0 spiro atoms. The van der Waals surface area contributed by atoms with Gasteiger partial charge in [-0.05, 0) is 7.05 Å². The molecule has 0 aromatic rings. The Morgan fingerprint density at radius 2 is 1.83 bits per heavy atom. The summed E-state index contributed by atoms with van der Waals surface area (Å²) in [5, 5.41) is 0.455. The van der Waals surface area contributed by atoms with E-state index in [4.69, 9.17) is 0 Å². The van der Waals surface area contributed by atoms with Crippen molar-refractivity contribution in [1.29, 1.82) is 0 Å². The molecule has 0 N–H and O–H groups in total. The SMILES string of the molecule is CN1CCN(C(=O)CBr)CC1.Cl. The van der Waals surface area contributed by atoms with Gasteiger partial charge in [-0.1, -0.05) is 15.9 Å². The molecular weight excluding hydrogens is 243 g/mol. The first-order valence-electron chi connectivity index (χ1n) is 3.76. The largest absolute Gasteiger partial charge is 0.339 e. The van der Waals surface area contributed by atoms with Crippen molar-refractivity contribution >= 4 is 34.2 Å². The monoisotopic (exact) mass is 256 g/mol. The van der Waals surface area contributed by atoms with Gasteiger partial charge in [0.15, 0.2) is 0 Å². The fraction of sp³-hybridized carbons (Fsp3) is 0.857. The van der Waals surface area contributed by atoms with Crippen molar-refractivity contribution in [2.24, 2.45) is 0 Å². The van der Waals surface area contributed by atoms with Gasteiger partial charge in [0.1, 0.15) is 0 Å². The quantitative estimate of drug-likeness (QED) is 0.642. The molecule has 12 heavy (non-hydrogen) atoms. The molecule has 0 unspecified atom stereocenters. The van der Waals surface area contributed by atoms with Crippen LogP contribution in [0.25, 0.3) is 0 Å². The van der Waals surface area contributed by atoms with Crippen LogP contribution in [0.3, 0.4) is 0 Å². The van der Waals surface area contributed by atoms with E-state index in [0.717, 1.165) is 26.2 Å². The van der Waals surface area contributed by atoms with E-state index in [9.17, 15) is 4.79 Å². The Bertz CT molecular complexity index is 148. The fourth-order valence-corrected chi connectivity index (χ4v) is 1.50. The van der Waals surface area contributed by atoms with Crippen molar-refractivity contribution in [2.45, 2.75) is 0 Å². The third-order valence-corrected chi connectivity index (χ3v) is 2.45. The average molecular weight is 258 g/mol. The summed E-state index contributed by atoms with van der Waals surface area (Å²) in [6, 6.07) is 0. The molecular formula is C7H14BrClN2O. The number of piperazine rings is 1. The van der Waals surface area contributed by atoms with E-state index in [1.54, 1.807) is 0 Å². The second-order valence-electron chi connectivity index (χ2n) is 2.82. The lowest BCUT2D eigenvalue weighted by Crippen LogP contribution is -2.47. The Morgan fingerprint density at radius 1 is 1.33 bits per heavy atom. The van der Waals surface area contributed by atoms with E-state index in [1.807, 2.05) is 4.90 Å². The highest BCUT2D eigenvalue weighted by molar-refractivity contribution is 9.09. The second-order valence-corrected chi connectivity index (χ2v) is 3.38. The minimum atomic E-state index is 0. The Hall–Kier alpha value is 0.200. The molecule has 1 heterocycles. The molecule has 0 saturated carbocycles. The first-order valence-corrected chi connectivity index (χ1v) is 4.88. The van der Waals surface area contributed by atoms with Gasteiger partial charge in [0, 0.05) is 26.2 Å². The molecule has 0 radical (unpaired) electrons.